The molecule has 1 aromatic rings. The molecule has 0 saturated heterocycles. The summed E-state index contributed by atoms with van der Waals surface area (Å²) in [5.41, 5.74) is 6.32. The average molecular weight is 493 g/mol. The maximum absolute atomic E-state index is 13.0. The van der Waals surface area contributed by atoms with Gasteiger partial charge in [-0.3, -0.25) is 19.2 Å². The molecule has 0 aliphatic heterocycles. The summed E-state index contributed by atoms with van der Waals surface area (Å²) in [6, 6.07) is 4.14. The number of amides is 3. The molecule has 0 spiro atoms. The Bertz CT molecular complexity index is 889. The van der Waals surface area contributed by atoms with Crippen molar-refractivity contribution in [1.29, 1.82) is 0 Å². The van der Waals surface area contributed by atoms with E-state index < -0.39 is 66.2 Å². The Morgan fingerprint density at radius 1 is 0.829 bits per heavy atom. The van der Waals surface area contributed by atoms with Gasteiger partial charge in [0, 0.05) is 6.42 Å². The van der Waals surface area contributed by atoms with Crippen LogP contribution in [0.4, 0.5) is 0 Å². The Morgan fingerprint density at radius 2 is 1.40 bits per heavy atom. The molecule has 1 aromatic carbocycles. The molecule has 1 rings (SSSR count). The number of nitrogens with one attached hydrogen (secondary N) is 3. The second kappa shape index (κ2) is 14.1. The summed E-state index contributed by atoms with van der Waals surface area (Å²) in [4.78, 5) is 60.8. The third-order valence-corrected chi connectivity index (χ3v) is 5.22. The highest BCUT2D eigenvalue weighted by Gasteiger charge is 2.32. The normalized spacial score (nSPS) is 14.5. The van der Waals surface area contributed by atoms with Crippen molar-refractivity contribution in [3.63, 3.8) is 0 Å². The first kappa shape index (κ1) is 29.6. The summed E-state index contributed by atoms with van der Waals surface area (Å²) in [7, 11) is 0. The molecule has 0 heterocycles. The van der Waals surface area contributed by atoms with Crippen LogP contribution in [0.1, 0.15) is 46.1 Å². The van der Waals surface area contributed by atoms with Gasteiger partial charge in [0.15, 0.2) is 0 Å². The van der Waals surface area contributed by atoms with Crippen LogP contribution in [0.25, 0.3) is 0 Å². The molecule has 35 heavy (non-hydrogen) atoms. The zero-order valence-corrected chi connectivity index (χ0v) is 20.5. The molecule has 11 heteroatoms. The fraction of sp³-hybridized carbons (Fsp3) is 0.542. The zero-order chi connectivity index (χ0) is 26.7. The van der Waals surface area contributed by atoms with Crippen LogP contribution in [0.2, 0.25) is 0 Å². The molecule has 0 saturated carbocycles. The SMILES string of the molecule is CC(C)CC(NC(=O)C(N)CC(=O)O)C(=O)NC(C(=O)NC(Cc1ccccc1)C(=O)O)C(C)C. The number of carboxylic acids is 2. The highest BCUT2D eigenvalue weighted by atomic mass is 16.4. The zero-order valence-electron chi connectivity index (χ0n) is 20.5. The van der Waals surface area contributed by atoms with E-state index in [1.807, 2.05) is 13.8 Å². The lowest BCUT2D eigenvalue weighted by atomic mass is 9.99. The summed E-state index contributed by atoms with van der Waals surface area (Å²) < 4.78 is 0. The lowest BCUT2D eigenvalue weighted by Crippen LogP contribution is -2.58. The molecular formula is C24H36N4O7. The summed E-state index contributed by atoms with van der Waals surface area (Å²) in [6.07, 6.45) is -0.319. The monoisotopic (exact) mass is 492 g/mol. The van der Waals surface area contributed by atoms with Crippen LogP contribution in [0, 0.1) is 11.8 Å². The van der Waals surface area contributed by atoms with Crippen LogP contribution in [-0.4, -0.2) is 64.0 Å². The largest absolute Gasteiger partial charge is 0.481 e. The van der Waals surface area contributed by atoms with E-state index >= 15 is 0 Å². The number of nitrogens with two attached hydrogens (primary N) is 1. The van der Waals surface area contributed by atoms with E-state index in [-0.39, 0.29) is 18.8 Å². The number of benzene rings is 1. The Kier molecular flexibility index (Phi) is 11.9. The fourth-order valence-electron chi connectivity index (χ4n) is 3.36. The van der Waals surface area contributed by atoms with Gasteiger partial charge in [0.25, 0.3) is 0 Å². The Labute approximate surface area is 204 Å². The van der Waals surface area contributed by atoms with Gasteiger partial charge in [-0.2, -0.15) is 0 Å². The van der Waals surface area contributed by atoms with Crippen LogP contribution in [0.5, 0.6) is 0 Å². The predicted octanol–water partition coefficient (Wildman–Crippen LogP) is 0.272. The molecule has 3 amide bonds. The van der Waals surface area contributed by atoms with Gasteiger partial charge in [0.1, 0.15) is 18.1 Å². The summed E-state index contributed by atoms with van der Waals surface area (Å²) >= 11 is 0. The average Bonchev–Trinajstić information content (AvgIpc) is 2.75. The number of carbonyl (C=O) groups is 5. The molecule has 4 atom stereocenters. The molecule has 0 bridgehead atoms. The lowest BCUT2D eigenvalue weighted by molar-refractivity contribution is -0.142. The van der Waals surface area contributed by atoms with E-state index in [2.05, 4.69) is 16.0 Å². The first-order chi connectivity index (χ1) is 16.3. The molecule has 194 valence electrons. The van der Waals surface area contributed by atoms with Crippen molar-refractivity contribution in [2.75, 3.05) is 0 Å². The van der Waals surface area contributed by atoms with Gasteiger partial charge in [0.05, 0.1) is 12.5 Å². The minimum absolute atomic E-state index is 0.0182. The first-order valence-electron chi connectivity index (χ1n) is 11.5. The van der Waals surface area contributed by atoms with E-state index in [1.54, 1.807) is 44.2 Å². The molecule has 7 N–H and O–H groups in total. The quantitative estimate of drug-likeness (QED) is 0.213. The van der Waals surface area contributed by atoms with Gasteiger partial charge in [-0.05, 0) is 23.8 Å². The van der Waals surface area contributed by atoms with Gasteiger partial charge in [-0.25, -0.2) is 4.79 Å². The number of carbonyl (C=O) groups excluding carboxylic acids is 3. The first-order valence-corrected chi connectivity index (χ1v) is 11.5. The summed E-state index contributed by atoms with van der Waals surface area (Å²) in [5.74, 6) is -5.00. The standard InChI is InChI=1S/C24H36N4O7/c1-13(2)10-17(26-21(31)16(25)12-19(29)30)22(32)28-20(14(3)4)23(33)27-18(24(34)35)11-15-8-6-5-7-9-15/h5-9,13-14,16-18,20H,10-12,25H2,1-4H3,(H,26,31)(H,27,33)(H,28,32)(H,29,30)(H,34,35). The number of hydrogen-bond donors (Lipinski definition) is 6. The van der Waals surface area contributed by atoms with Gasteiger partial charge < -0.3 is 31.9 Å². The number of rotatable bonds is 14. The van der Waals surface area contributed by atoms with Crippen molar-refractivity contribution in [2.45, 2.75) is 71.1 Å². The van der Waals surface area contributed by atoms with Crippen molar-refractivity contribution in [2.24, 2.45) is 17.6 Å². The molecular weight excluding hydrogens is 456 g/mol. The second-order valence-electron chi connectivity index (χ2n) is 9.21. The summed E-state index contributed by atoms with van der Waals surface area (Å²) in [6.45, 7) is 7.04. The molecule has 0 aromatic heterocycles. The van der Waals surface area contributed by atoms with Crippen LogP contribution >= 0.6 is 0 Å². The summed E-state index contributed by atoms with van der Waals surface area (Å²) in [5, 5.41) is 26.0. The third-order valence-electron chi connectivity index (χ3n) is 5.22. The maximum Gasteiger partial charge on any atom is 0.326 e. The van der Waals surface area contributed by atoms with Crippen LogP contribution in [0.3, 0.4) is 0 Å². The second-order valence-corrected chi connectivity index (χ2v) is 9.21. The van der Waals surface area contributed by atoms with E-state index in [0.29, 0.717) is 0 Å². The Hall–Kier alpha value is -3.47. The van der Waals surface area contributed by atoms with Crippen molar-refractivity contribution >= 4 is 29.7 Å². The Balaban J connectivity index is 2.96. The molecule has 0 fully saturated rings. The number of aliphatic carboxylic acids is 2. The van der Waals surface area contributed by atoms with E-state index in [1.165, 1.54) is 0 Å². The van der Waals surface area contributed by atoms with Crippen LogP contribution in [-0.2, 0) is 30.4 Å². The Morgan fingerprint density at radius 3 is 1.89 bits per heavy atom. The van der Waals surface area contributed by atoms with E-state index in [0.717, 1.165) is 5.56 Å². The molecule has 0 aliphatic carbocycles. The fourth-order valence-corrected chi connectivity index (χ4v) is 3.36. The van der Waals surface area contributed by atoms with Crippen molar-refractivity contribution in [1.82, 2.24) is 16.0 Å². The van der Waals surface area contributed by atoms with E-state index in [9.17, 15) is 29.1 Å². The number of carboxylic acid groups (broad SMARTS) is 2. The van der Waals surface area contributed by atoms with Crippen LogP contribution in [0.15, 0.2) is 30.3 Å². The van der Waals surface area contributed by atoms with Gasteiger partial charge in [0.2, 0.25) is 17.7 Å². The molecule has 0 aliphatic rings. The molecule has 4 unspecified atom stereocenters. The van der Waals surface area contributed by atoms with Gasteiger partial charge >= 0.3 is 11.9 Å². The van der Waals surface area contributed by atoms with Gasteiger partial charge in [-0.15, -0.1) is 0 Å². The lowest BCUT2D eigenvalue weighted by Gasteiger charge is -2.27. The highest BCUT2D eigenvalue weighted by molar-refractivity contribution is 5.94. The van der Waals surface area contributed by atoms with Crippen LogP contribution < -0.4 is 21.7 Å². The minimum Gasteiger partial charge on any atom is -0.481 e. The highest BCUT2D eigenvalue weighted by Crippen LogP contribution is 2.10. The minimum atomic E-state index is -1.34. The van der Waals surface area contributed by atoms with Crippen molar-refractivity contribution < 1.29 is 34.2 Å². The van der Waals surface area contributed by atoms with Crippen molar-refractivity contribution in [3.05, 3.63) is 35.9 Å². The number of hydrogen-bond acceptors (Lipinski definition) is 6. The van der Waals surface area contributed by atoms with Gasteiger partial charge in [-0.1, -0.05) is 58.0 Å². The molecule has 11 nitrogen and oxygen atoms in total. The smallest absolute Gasteiger partial charge is 0.326 e. The van der Waals surface area contributed by atoms with Crippen molar-refractivity contribution in [3.8, 4) is 0 Å². The molecule has 0 radical (unpaired) electrons. The van der Waals surface area contributed by atoms with E-state index in [4.69, 9.17) is 10.8 Å². The third kappa shape index (κ3) is 10.6. The topological polar surface area (TPSA) is 188 Å². The predicted molar refractivity (Wildman–Crippen MR) is 128 cm³/mol. The maximum atomic E-state index is 13.0.